The van der Waals surface area contributed by atoms with Gasteiger partial charge in [0.1, 0.15) is 0 Å². The van der Waals surface area contributed by atoms with Crippen LogP contribution in [0.15, 0.2) is 0 Å². The Labute approximate surface area is 127 Å². The Morgan fingerprint density at radius 2 is 1.90 bits per heavy atom. The van der Waals surface area contributed by atoms with Crippen molar-refractivity contribution in [2.24, 2.45) is 5.92 Å². The van der Waals surface area contributed by atoms with E-state index in [4.69, 9.17) is 0 Å². The second-order valence-electron chi connectivity index (χ2n) is 7.36. The first-order chi connectivity index (χ1) is 9.40. The summed E-state index contributed by atoms with van der Waals surface area (Å²) in [6.07, 6.45) is 3.95. The third kappa shape index (κ3) is 6.55. The number of nitrogens with one attached hydrogen (secondary N) is 1. The van der Waals surface area contributed by atoms with Crippen LogP contribution >= 0.6 is 0 Å². The number of piperazine rings is 1. The summed E-state index contributed by atoms with van der Waals surface area (Å²) in [6.45, 7) is 16.4. The highest BCUT2D eigenvalue weighted by molar-refractivity contribution is 4.84. The average molecular weight is 284 g/mol. The minimum atomic E-state index is 0.670. The van der Waals surface area contributed by atoms with Crippen LogP contribution in [0.4, 0.5) is 0 Å². The van der Waals surface area contributed by atoms with Crippen LogP contribution in [0.2, 0.25) is 0 Å². The van der Waals surface area contributed by atoms with Crippen LogP contribution in [0.25, 0.3) is 0 Å². The topological polar surface area (TPSA) is 18.5 Å². The smallest absolute Gasteiger partial charge is 0.0198 e. The minimum absolute atomic E-state index is 0.670. The molecule has 0 aliphatic carbocycles. The number of hydrogen-bond acceptors (Lipinski definition) is 3. The molecule has 1 N–H and O–H groups in total. The van der Waals surface area contributed by atoms with Gasteiger partial charge in [-0.2, -0.15) is 0 Å². The number of unbranched alkanes of at least 4 members (excludes halogenated alkanes) is 1. The first-order valence-corrected chi connectivity index (χ1v) is 8.57. The summed E-state index contributed by atoms with van der Waals surface area (Å²) in [6, 6.07) is 2.06. The Kier molecular flexibility index (Phi) is 8.08. The zero-order valence-corrected chi connectivity index (χ0v) is 14.7. The molecule has 0 radical (unpaired) electrons. The molecule has 0 spiro atoms. The molecule has 20 heavy (non-hydrogen) atoms. The minimum Gasteiger partial charge on any atom is -0.311 e. The van der Waals surface area contributed by atoms with Crippen molar-refractivity contribution < 1.29 is 0 Å². The molecule has 0 saturated carbocycles. The van der Waals surface area contributed by atoms with E-state index in [1.807, 2.05) is 0 Å². The van der Waals surface area contributed by atoms with E-state index in [1.54, 1.807) is 0 Å². The fraction of sp³-hybridized carbons (Fsp3) is 1.00. The van der Waals surface area contributed by atoms with Crippen LogP contribution in [0.1, 0.15) is 53.9 Å². The highest BCUT2D eigenvalue weighted by Gasteiger charge is 2.24. The van der Waals surface area contributed by atoms with Crippen LogP contribution in [-0.4, -0.2) is 61.2 Å². The lowest BCUT2D eigenvalue weighted by molar-refractivity contribution is 0.128. The quantitative estimate of drug-likeness (QED) is 0.691. The fourth-order valence-corrected chi connectivity index (χ4v) is 2.97. The maximum atomic E-state index is 3.70. The molecule has 2 unspecified atom stereocenters. The van der Waals surface area contributed by atoms with Gasteiger partial charge in [-0.1, -0.05) is 13.8 Å². The Balaban J connectivity index is 2.23. The van der Waals surface area contributed by atoms with Crippen LogP contribution in [0.3, 0.4) is 0 Å². The molecular formula is C17H37N3. The lowest BCUT2D eigenvalue weighted by Crippen LogP contribution is -2.55. The van der Waals surface area contributed by atoms with E-state index in [9.17, 15) is 0 Å². The summed E-state index contributed by atoms with van der Waals surface area (Å²) in [5, 5.41) is 3.70. The normalized spacial score (nSPS) is 25.1. The van der Waals surface area contributed by atoms with Gasteiger partial charge in [0.2, 0.25) is 0 Å². The monoisotopic (exact) mass is 283 g/mol. The van der Waals surface area contributed by atoms with Gasteiger partial charge >= 0.3 is 0 Å². The largest absolute Gasteiger partial charge is 0.311 e. The second-order valence-corrected chi connectivity index (χ2v) is 7.36. The van der Waals surface area contributed by atoms with Crippen LogP contribution in [0.5, 0.6) is 0 Å². The molecule has 1 saturated heterocycles. The number of hydrogen-bond donors (Lipinski definition) is 1. The molecule has 1 aliphatic rings. The average Bonchev–Trinajstić information content (AvgIpc) is 2.37. The molecule has 0 bridgehead atoms. The van der Waals surface area contributed by atoms with E-state index in [0.717, 1.165) is 12.5 Å². The van der Waals surface area contributed by atoms with Gasteiger partial charge in [-0.25, -0.2) is 0 Å². The van der Waals surface area contributed by atoms with Crippen molar-refractivity contribution in [1.29, 1.82) is 0 Å². The van der Waals surface area contributed by atoms with E-state index in [2.05, 4.69) is 56.8 Å². The molecule has 120 valence electrons. The first-order valence-electron chi connectivity index (χ1n) is 8.57. The van der Waals surface area contributed by atoms with Crippen LogP contribution < -0.4 is 5.32 Å². The van der Waals surface area contributed by atoms with Gasteiger partial charge in [-0.05, 0) is 66.1 Å². The van der Waals surface area contributed by atoms with Gasteiger partial charge in [0.25, 0.3) is 0 Å². The summed E-state index contributed by atoms with van der Waals surface area (Å²) < 4.78 is 0. The second kappa shape index (κ2) is 9.01. The van der Waals surface area contributed by atoms with Crippen molar-refractivity contribution in [2.45, 2.75) is 72.0 Å². The molecule has 0 amide bonds. The molecule has 1 rings (SSSR count). The van der Waals surface area contributed by atoms with E-state index in [0.29, 0.717) is 18.1 Å². The lowest BCUT2D eigenvalue weighted by atomic mass is 10.00. The zero-order valence-electron chi connectivity index (χ0n) is 14.7. The molecule has 2 atom stereocenters. The number of nitrogens with zero attached hydrogens (tertiary/aromatic N) is 2. The highest BCUT2D eigenvalue weighted by atomic mass is 15.2. The lowest BCUT2D eigenvalue weighted by Gasteiger charge is -2.39. The van der Waals surface area contributed by atoms with Crippen LogP contribution in [-0.2, 0) is 0 Å². The summed E-state index contributed by atoms with van der Waals surface area (Å²) >= 11 is 0. The van der Waals surface area contributed by atoms with Crippen molar-refractivity contribution in [3.63, 3.8) is 0 Å². The highest BCUT2D eigenvalue weighted by Crippen LogP contribution is 2.14. The SMILES string of the molecule is CC(C)CC1CN(CCCCN(C)C(C)C)C(C)CN1. The van der Waals surface area contributed by atoms with Gasteiger partial charge in [0.05, 0.1) is 0 Å². The van der Waals surface area contributed by atoms with E-state index in [1.165, 1.54) is 38.9 Å². The predicted molar refractivity (Wildman–Crippen MR) is 89.3 cm³/mol. The summed E-state index contributed by atoms with van der Waals surface area (Å²) in [7, 11) is 2.23. The molecule has 1 fully saturated rings. The maximum absolute atomic E-state index is 3.70. The Bertz CT molecular complexity index is 253. The standard InChI is InChI=1S/C17H37N3/c1-14(2)11-17-13-20(16(5)12-18-17)10-8-7-9-19(6)15(3)4/h14-18H,7-13H2,1-6H3. The third-order valence-corrected chi connectivity index (χ3v) is 4.62. The van der Waals surface area contributed by atoms with Gasteiger partial charge in [-0.15, -0.1) is 0 Å². The third-order valence-electron chi connectivity index (χ3n) is 4.62. The van der Waals surface area contributed by atoms with Crippen molar-refractivity contribution in [1.82, 2.24) is 15.1 Å². The molecule has 0 aromatic heterocycles. The van der Waals surface area contributed by atoms with Gasteiger partial charge in [0.15, 0.2) is 0 Å². The molecule has 3 nitrogen and oxygen atoms in total. The zero-order chi connectivity index (χ0) is 15.1. The van der Waals surface area contributed by atoms with Crippen molar-refractivity contribution in [2.75, 3.05) is 33.2 Å². The van der Waals surface area contributed by atoms with Gasteiger partial charge < -0.3 is 10.2 Å². The first kappa shape index (κ1) is 17.9. The maximum Gasteiger partial charge on any atom is 0.0198 e. The van der Waals surface area contributed by atoms with Crippen molar-refractivity contribution in [3.05, 3.63) is 0 Å². The van der Waals surface area contributed by atoms with E-state index >= 15 is 0 Å². The summed E-state index contributed by atoms with van der Waals surface area (Å²) in [4.78, 5) is 5.14. The Hall–Kier alpha value is -0.120. The molecule has 1 aliphatic heterocycles. The van der Waals surface area contributed by atoms with E-state index in [-0.39, 0.29) is 0 Å². The fourth-order valence-electron chi connectivity index (χ4n) is 2.97. The summed E-state index contributed by atoms with van der Waals surface area (Å²) in [5.41, 5.74) is 0. The molecule has 0 aromatic carbocycles. The van der Waals surface area contributed by atoms with Gasteiger partial charge in [0, 0.05) is 31.2 Å². The number of rotatable bonds is 8. The Morgan fingerprint density at radius 3 is 2.50 bits per heavy atom. The molecule has 3 heteroatoms. The van der Waals surface area contributed by atoms with Crippen LogP contribution in [0, 0.1) is 5.92 Å². The predicted octanol–water partition coefficient (Wildman–Crippen LogP) is 2.82. The van der Waals surface area contributed by atoms with Crippen molar-refractivity contribution >= 4 is 0 Å². The van der Waals surface area contributed by atoms with E-state index < -0.39 is 0 Å². The molecule has 0 aromatic rings. The Morgan fingerprint density at radius 1 is 1.20 bits per heavy atom. The molecule has 1 heterocycles. The summed E-state index contributed by atoms with van der Waals surface area (Å²) in [5.74, 6) is 0.794. The molecular weight excluding hydrogens is 246 g/mol. The van der Waals surface area contributed by atoms with Crippen molar-refractivity contribution in [3.8, 4) is 0 Å². The van der Waals surface area contributed by atoms with Gasteiger partial charge in [-0.3, -0.25) is 4.90 Å².